The Labute approximate surface area is 100 Å². The molecule has 0 aromatic heterocycles. The number of rotatable bonds is 2. The van der Waals surface area contributed by atoms with E-state index in [1.54, 1.807) is 0 Å². The zero-order chi connectivity index (χ0) is 13.8. The van der Waals surface area contributed by atoms with Gasteiger partial charge in [0.2, 0.25) is 0 Å². The Kier molecular flexibility index (Phi) is 10.8. The molecule has 0 spiro atoms. The molecular weight excluding hydrogens is 224 g/mol. The lowest BCUT2D eigenvalue weighted by atomic mass is 10.2. The molecule has 96 valence electrons. The molecule has 0 radical (unpaired) electrons. The standard InChI is InChI=1S/C7H5NO4.C2H7N.C2H6/c9-7(10)5-2-1-3-6(4-5)8(11)12;1-2-3;1-2/h1-4H,(H,9,10);2-3H2,1H3;1-2H3. The fourth-order valence-electron chi connectivity index (χ4n) is 0.753. The molecule has 0 aliphatic rings. The number of hydrogen-bond acceptors (Lipinski definition) is 4. The van der Waals surface area contributed by atoms with Crippen molar-refractivity contribution in [3.63, 3.8) is 0 Å². The second-order valence-corrected chi connectivity index (χ2v) is 2.52. The fourth-order valence-corrected chi connectivity index (χ4v) is 0.753. The molecule has 0 fully saturated rings. The largest absolute Gasteiger partial charge is 0.478 e. The van der Waals surface area contributed by atoms with E-state index in [0.29, 0.717) is 0 Å². The Morgan fingerprint density at radius 2 is 1.94 bits per heavy atom. The van der Waals surface area contributed by atoms with Crippen LogP contribution in [0.5, 0.6) is 0 Å². The van der Waals surface area contributed by atoms with Crippen LogP contribution in [0, 0.1) is 10.1 Å². The molecule has 17 heavy (non-hydrogen) atoms. The molecule has 0 aliphatic heterocycles. The molecule has 0 saturated heterocycles. The van der Waals surface area contributed by atoms with Crippen LogP contribution in [0.3, 0.4) is 0 Å². The maximum Gasteiger partial charge on any atom is 0.335 e. The molecule has 1 aromatic rings. The molecule has 0 saturated carbocycles. The van der Waals surface area contributed by atoms with E-state index in [1.165, 1.54) is 18.2 Å². The fraction of sp³-hybridized carbons (Fsp3) is 0.364. The Hall–Kier alpha value is -1.95. The summed E-state index contributed by atoms with van der Waals surface area (Å²) in [7, 11) is 0. The monoisotopic (exact) mass is 242 g/mol. The van der Waals surface area contributed by atoms with Crippen LogP contribution in [0.25, 0.3) is 0 Å². The quantitative estimate of drug-likeness (QED) is 0.611. The van der Waals surface area contributed by atoms with Crippen molar-refractivity contribution in [2.75, 3.05) is 6.54 Å². The van der Waals surface area contributed by atoms with Gasteiger partial charge in [-0.3, -0.25) is 10.1 Å². The van der Waals surface area contributed by atoms with Crippen molar-refractivity contribution in [2.45, 2.75) is 20.8 Å². The van der Waals surface area contributed by atoms with Crippen molar-refractivity contribution in [1.29, 1.82) is 0 Å². The molecule has 0 atom stereocenters. The molecule has 0 bridgehead atoms. The summed E-state index contributed by atoms with van der Waals surface area (Å²) < 4.78 is 0. The SMILES string of the molecule is CC.CCN.O=C(O)c1cccc([N+](=O)[O-])c1. The topological polar surface area (TPSA) is 106 Å². The van der Waals surface area contributed by atoms with E-state index in [0.717, 1.165) is 12.6 Å². The minimum atomic E-state index is -1.17. The van der Waals surface area contributed by atoms with E-state index < -0.39 is 10.9 Å². The maximum atomic E-state index is 10.4. The smallest absolute Gasteiger partial charge is 0.335 e. The van der Waals surface area contributed by atoms with E-state index in [1.807, 2.05) is 20.8 Å². The minimum absolute atomic E-state index is 0.0794. The highest BCUT2D eigenvalue weighted by atomic mass is 16.6. The van der Waals surface area contributed by atoms with Crippen molar-refractivity contribution in [3.8, 4) is 0 Å². The number of aromatic carboxylic acids is 1. The number of nitro benzene ring substituents is 1. The van der Waals surface area contributed by atoms with Crippen molar-refractivity contribution in [3.05, 3.63) is 39.9 Å². The number of benzene rings is 1. The summed E-state index contributed by atoms with van der Waals surface area (Å²) in [5.74, 6) is -1.17. The Balaban J connectivity index is 0. The van der Waals surface area contributed by atoms with Gasteiger partial charge in [-0.2, -0.15) is 0 Å². The lowest BCUT2D eigenvalue weighted by molar-refractivity contribution is -0.384. The average Bonchev–Trinajstić information content (AvgIpc) is 2.33. The number of non-ortho nitro benzene ring substituents is 1. The second kappa shape index (κ2) is 10.6. The van der Waals surface area contributed by atoms with Gasteiger partial charge in [0.05, 0.1) is 10.5 Å². The molecule has 0 heterocycles. The highest BCUT2D eigenvalue weighted by Crippen LogP contribution is 2.12. The number of nitrogens with zero attached hydrogens (tertiary/aromatic N) is 1. The van der Waals surface area contributed by atoms with E-state index in [4.69, 9.17) is 10.8 Å². The number of nitrogens with two attached hydrogens (primary N) is 1. The first-order chi connectivity index (χ1) is 8.02. The predicted molar refractivity (Wildman–Crippen MR) is 66.1 cm³/mol. The zero-order valence-corrected chi connectivity index (χ0v) is 10.2. The first-order valence-electron chi connectivity index (χ1n) is 5.20. The summed E-state index contributed by atoms with van der Waals surface area (Å²) in [4.78, 5) is 19.9. The van der Waals surface area contributed by atoms with Gasteiger partial charge in [-0.1, -0.05) is 26.8 Å². The van der Waals surface area contributed by atoms with Crippen molar-refractivity contribution < 1.29 is 14.8 Å². The number of carboxylic acid groups (broad SMARTS) is 1. The summed E-state index contributed by atoms with van der Waals surface area (Å²) in [5.41, 5.74) is 4.55. The third-order valence-corrected chi connectivity index (χ3v) is 1.30. The van der Waals surface area contributed by atoms with Gasteiger partial charge in [-0.25, -0.2) is 4.79 Å². The third-order valence-electron chi connectivity index (χ3n) is 1.30. The van der Waals surface area contributed by atoms with Gasteiger partial charge in [0, 0.05) is 12.1 Å². The van der Waals surface area contributed by atoms with Crippen LogP contribution in [0.2, 0.25) is 0 Å². The number of nitro groups is 1. The Morgan fingerprint density at radius 1 is 1.47 bits per heavy atom. The zero-order valence-electron chi connectivity index (χ0n) is 10.2. The molecule has 3 N–H and O–H groups in total. The summed E-state index contributed by atoms with van der Waals surface area (Å²) in [6.07, 6.45) is 0. The first kappa shape index (κ1) is 17.4. The summed E-state index contributed by atoms with van der Waals surface area (Å²) in [6.45, 7) is 6.65. The normalized spacial score (nSPS) is 8.00. The van der Waals surface area contributed by atoms with Gasteiger partial charge >= 0.3 is 5.97 Å². The molecule has 1 rings (SSSR count). The van der Waals surface area contributed by atoms with Gasteiger partial charge < -0.3 is 10.8 Å². The van der Waals surface area contributed by atoms with Crippen LogP contribution < -0.4 is 5.73 Å². The average molecular weight is 242 g/mol. The summed E-state index contributed by atoms with van der Waals surface area (Å²) in [6, 6.07) is 4.89. The van der Waals surface area contributed by atoms with E-state index in [9.17, 15) is 14.9 Å². The van der Waals surface area contributed by atoms with E-state index in [-0.39, 0.29) is 11.3 Å². The Morgan fingerprint density at radius 3 is 2.29 bits per heavy atom. The summed E-state index contributed by atoms with van der Waals surface area (Å²) in [5, 5.41) is 18.7. The van der Waals surface area contributed by atoms with Crippen molar-refractivity contribution in [1.82, 2.24) is 0 Å². The van der Waals surface area contributed by atoms with Crippen LogP contribution in [-0.2, 0) is 0 Å². The molecular formula is C11H18N2O4. The highest BCUT2D eigenvalue weighted by molar-refractivity contribution is 5.88. The van der Waals surface area contributed by atoms with Crippen LogP contribution in [0.1, 0.15) is 31.1 Å². The lowest BCUT2D eigenvalue weighted by Gasteiger charge is -1.92. The Bertz CT molecular complexity index is 324. The minimum Gasteiger partial charge on any atom is -0.478 e. The lowest BCUT2D eigenvalue weighted by Crippen LogP contribution is -1.97. The number of carbonyl (C=O) groups is 1. The molecule has 0 amide bonds. The van der Waals surface area contributed by atoms with Gasteiger partial charge in [0.25, 0.3) is 5.69 Å². The van der Waals surface area contributed by atoms with Crippen molar-refractivity contribution >= 4 is 11.7 Å². The van der Waals surface area contributed by atoms with Gasteiger partial charge in [-0.15, -0.1) is 0 Å². The second-order valence-electron chi connectivity index (χ2n) is 2.52. The van der Waals surface area contributed by atoms with Crippen LogP contribution in [-0.4, -0.2) is 22.5 Å². The van der Waals surface area contributed by atoms with Gasteiger partial charge in [0.15, 0.2) is 0 Å². The maximum absolute atomic E-state index is 10.4. The molecule has 0 aliphatic carbocycles. The van der Waals surface area contributed by atoms with E-state index >= 15 is 0 Å². The molecule has 6 nitrogen and oxygen atoms in total. The van der Waals surface area contributed by atoms with Crippen LogP contribution in [0.4, 0.5) is 5.69 Å². The number of hydrogen-bond donors (Lipinski definition) is 2. The number of carboxylic acids is 1. The molecule has 1 aromatic carbocycles. The third kappa shape index (κ3) is 7.92. The van der Waals surface area contributed by atoms with Gasteiger partial charge in [0.1, 0.15) is 0 Å². The first-order valence-corrected chi connectivity index (χ1v) is 5.20. The molecule has 0 unspecified atom stereocenters. The summed E-state index contributed by atoms with van der Waals surface area (Å²) >= 11 is 0. The van der Waals surface area contributed by atoms with Crippen LogP contribution in [0.15, 0.2) is 24.3 Å². The predicted octanol–water partition coefficient (Wildman–Crippen LogP) is 2.28. The van der Waals surface area contributed by atoms with Gasteiger partial charge in [-0.05, 0) is 12.6 Å². The van der Waals surface area contributed by atoms with Crippen molar-refractivity contribution in [2.24, 2.45) is 5.73 Å². The van der Waals surface area contributed by atoms with E-state index in [2.05, 4.69) is 0 Å². The van der Waals surface area contributed by atoms with Crippen LogP contribution >= 0.6 is 0 Å². The highest BCUT2D eigenvalue weighted by Gasteiger charge is 2.09. The molecule has 6 heteroatoms.